The van der Waals surface area contributed by atoms with E-state index < -0.39 is 11.9 Å². The molecule has 1 unspecified atom stereocenters. The standard InChI is InChI=1S/C16H29NO7/c1-16(2)23-13-7-17-6-12(21-8-19-3)14(22-9-20-4)10(17)5-11(18)15(13)24-16/h10-15,18H,5-9H2,1-4H3/t10-,11?,12-,13-,14-,15+/m0/s1. The van der Waals surface area contributed by atoms with Crippen LogP contribution in [0.25, 0.3) is 0 Å². The van der Waals surface area contributed by atoms with Crippen LogP contribution in [0.1, 0.15) is 20.3 Å². The Labute approximate surface area is 142 Å². The lowest BCUT2D eigenvalue weighted by Gasteiger charge is -2.28. The molecule has 3 heterocycles. The second-order valence-corrected chi connectivity index (χ2v) is 7.11. The van der Waals surface area contributed by atoms with Crippen molar-refractivity contribution in [3.05, 3.63) is 0 Å². The molecule has 0 bridgehead atoms. The minimum Gasteiger partial charge on any atom is -0.390 e. The van der Waals surface area contributed by atoms with Crippen LogP contribution in [0.4, 0.5) is 0 Å². The Hall–Kier alpha value is -0.320. The zero-order valence-electron chi connectivity index (χ0n) is 14.8. The van der Waals surface area contributed by atoms with Crippen molar-refractivity contribution >= 4 is 0 Å². The topological polar surface area (TPSA) is 78.9 Å². The Morgan fingerprint density at radius 1 is 1.08 bits per heavy atom. The van der Waals surface area contributed by atoms with Crippen molar-refractivity contribution in [2.75, 3.05) is 40.9 Å². The highest BCUT2D eigenvalue weighted by molar-refractivity contribution is 5.03. The number of methoxy groups -OCH3 is 2. The van der Waals surface area contributed by atoms with Crippen LogP contribution in [-0.4, -0.2) is 93.3 Å². The molecule has 6 atom stereocenters. The zero-order chi connectivity index (χ0) is 17.3. The van der Waals surface area contributed by atoms with Gasteiger partial charge in [0.1, 0.15) is 38.0 Å². The van der Waals surface area contributed by atoms with Crippen molar-refractivity contribution in [3.8, 4) is 0 Å². The molecule has 1 N–H and O–H groups in total. The molecule has 3 rings (SSSR count). The monoisotopic (exact) mass is 347 g/mol. The largest absolute Gasteiger partial charge is 0.390 e. The van der Waals surface area contributed by atoms with E-state index in [9.17, 15) is 5.11 Å². The molecule has 3 aliphatic heterocycles. The Kier molecular flexibility index (Phi) is 5.78. The number of hydrogen-bond donors (Lipinski definition) is 1. The van der Waals surface area contributed by atoms with E-state index in [1.54, 1.807) is 14.2 Å². The van der Waals surface area contributed by atoms with Crippen LogP contribution < -0.4 is 0 Å². The summed E-state index contributed by atoms with van der Waals surface area (Å²) in [7, 11) is 3.19. The van der Waals surface area contributed by atoms with Crippen molar-refractivity contribution in [2.24, 2.45) is 0 Å². The molecule has 8 nitrogen and oxygen atoms in total. The zero-order valence-corrected chi connectivity index (χ0v) is 14.8. The fourth-order valence-electron chi connectivity index (χ4n) is 4.03. The first-order valence-electron chi connectivity index (χ1n) is 8.44. The number of ether oxygens (including phenoxy) is 6. The number of aliphatic hydroxyl groups is 1. The van der Waals surface area contributed by atoms with E-state index >= 15 is 0 Å². The van der Waals surface area contributed by atoms with Gasteiger partial charge in [-0.15, -0.1) is 0 Å². The average Bonchev–Trinajstić information content (AvgIpc) is 2.97. The predicted octanol–water partition coefficient (Wildman–Crippen LogP) is -0.0665. The molecular weight excluding hydrogens is 318 g/mol. The summed E-state index contributed by atoms with van der Waals surface area (Å²) in [6.07, 6.45) is -0.870. The average molecular weight is 347 g/mol. The van der Waals surface area contributed by atoms with Gasteiger partial charge in [0, 0.05) is 33.4 Å². The van der Waals surface area contributed by atoms with Gasteiger partial charge in [0.2, 0.25) is 0 Å². The SMILES string of the molecule is COCO[C@@H]1[C@@H](OCOC)CN2C[C@@H]3OC(C)(C)O[C@@H]3C(O)C[C@@H]12. The molecule has 0 aromatic heterocycles. The van der Waals surface area contributed by atoms with Crippen LogP contribution in [0.5, 0.6) is 0 Å². The van der Waals surface area contributed by atoms with Crippen molar-refractivity contribution < 1.29 is 33.5 Å². The highest BCUT2D eigenvalue weighted by Crippen LogP contribution is 2.38. The van der Waals surface area contributed by atoms with E-state index in [0.29, 0.717) is 19.5 Å². The van der Waals surface area contributed by atoms with Crippen LogP contribution in [0, 0.1) is 0 Å². The maximum atomic E-state index is 10.7. The normalized spacial score (nSPS) is 41.9. The first kappa shape index (κ1) is 18.5. The molecule has 0 saturated carbocycles. The Balaban J connectivity index is 1.73. The first-order valence-corrected chi connectivity index (χ1v) is 8.44. The van der Waals surface area contributed by atoms with Crippen LogP contribution >= 0.6 is 0 Å². The Morgan fingerprint density at radius 2 is 1.79 bits per heavy atom. The van der Waals surface area contributed by atoms with Gasteiger partial charge in [-0.2, -0.15) is 0 Å². The van der Waals surface area contributed by atoms with Crippen LogP contribution in [0.3, 0.4) is 0 Å². The van der Waals surface area contributed by atoms with E-state index in [2.05, 4.69) is 4.90 Å². The molecule has 0 aliphatic carbocycles. The number of aliphatic hydroxyl groups excluding tert-OH is 1. The molecule has 8 heteroatoms. The quantitative estimate of drug-likeness (QED) is 0.669. The maximum Gasteiger partial charge on any atom is 0.163 e. The number of rotatable bonds is 6. The smallest absolute Gasteiger partial charge is 0.163 e. The first-order chi connectivity index (χ1) is 11.4. The van der Waals surface area contributed by atoms with Gasteiger partial charge in [0.05, 0.1) is 6.10 Å². The van der Waals surface area contributed by atoms with E-state index in [1.807, 2.05) is 13.8 Å². The van der Waals surface area contributed by atoms with Crippen molar-refractivity contribution in [2.45, 2.75) is 62.6 Å². The molecule has 0 aromatic carbocycles. The van der Waals surface area contributed by atoms with Crippen LogP contribution in [-0.2, 0) is 28.4 Å². The summed E-state index contributed by atoms with van der Waals surface area (Å²) >= 11 is 0. The lowest BCUT2D eigenvalue weighted by atomic mass is 10.00. The van der Waals surface area contributed by atoms with E-state index in [0.717, 1.165) is 0 Å². The minimum absolute atomic E-state index is 0.0259. The number of nitrogens with zero attached hydrogens (tertiary/aromatic N) is 1. The molecule has 0 radical (unpaired) electrons. The molecule has 3 saturated heterocycles. The van der Waals surface area contributed by atoms with Gasteiger partial charge in [0.15, 0.2) is 5.79 Å². The van der Waals surface area contributed by atoms with E-state index in [-0.39, 0.29) is 44.0 Å². The molecule has 0 spiro atoms. The molecular formula is C16H29NO7. The van der Waals surface area contributed by atoms with Gasteiger partial charge in [-0.25, -0.2) is 0 Å². The molecule has 140 valence electrons. The van der Waals surface area contributed by atoms with Crippen molar-refractivity contribution in [1.82, 2.24) is 4.90 Å². The fraction of sp³-hybridized carbons (Fsp3) is 1.00. The van der Waals surface area contributed by atoms with Gasteiger partial charge in [-0.1, -0.05) is 0 Å². The molecule has 3 fully saturated rings. The lowest BCUT2D eigenvalue weighted by molar-refractivity contribution is -0.164. The van der Waals surface area contributed by atoms with Gasteiger partial charge >= 0.3 is 0 Å². The minimum atomic E-state index is -0.666. The number of fused-ring (bicyclic) bond motifs is 2. The van der Waals surface area contributed by atoms with E-state index in [1.165, 1.54) is 0 Å². The molecule has 0 aromatic rings. The summed E-state index contributed by atoms with van der Waals surface area (Å²) in [5.74, 6) is -0.666. The Bertz CT molecular complexity index is 421. The highest BCUT2D eigenvalue weighted by atomic mass is 16.8. The third-order valence-corrected chi connectivity index (χ3v) is 4.91. The summed E-state index contributed by atoms with van der Waals surface area (Å²) in [5, 5.41) is 10.7. The second kappa shape index (κ2) is 7.51. The van der Waals surface area contributed by atoms with Crippen molar-refractivity contribution in [3.63, 3.8) is 0 Å². The van der Waals surface area contributed by atoms with Gasteiger partial charge < -0.3 is 33.5 Å². The van der Waals surface area contributed by atoms with Crippen LogP contribution in [0.2, 0.25) is 0 Å². The summed E-state index contributed by atoms with van der Waals surface area (Å²) in [4.78, 5) is 2.26. The fourth-order valence-corrected chi connectivity index (χ4v) is 4.03. The lowest BCUT2D eigenvalue weighted by Crippen LogP contribution is -2.41. The third-order valence-electron chi connectivity index (χ3n) is 4.91. The number of hydrogen-bond acceptors (Lipinski definition) is 8. The summed E-state index contributed by atoms with van der Waals surface area (Å²) in [6.45, 7) is 5.53. The summed E-state index contributed by atoms with van der Waals surface area (Å²) < 4.78 is 33.6. The van der Waals surface area contributed by atoms with Crippen molar-refractivity contribution in [1.29, 1.82) is 0 Å². The predicted molar refractivity (Wildman–Crippen MR) is 83.3 cm³/mol. The molecule has 3 aliphatic rings. The molecule has 24 heavy (non-hydrogen) atoms. The summed E-state index contributed by atoms with van der Waals surface area (Å²) in [5.41, 5.74) is 0. The van der Waals surface area contributed by atoms with Gasteiger partial charge in [-0.3, -0.25) is 4.90 Å². The summed E-state index contributed by atoms with van der Waals surface area (Å²) in [6, 6.07) is 0.0259. The van der Waals surface area contributed by atoms with Crippen LogP contribution in [0.15, 0.2) is 0 Å². The third kappa shape index (κ3) is 3.76. The highest BCUT2D eigenvalue weighted by Gasteiger charge is 2.53. The Morgan fingerprint density at radius 3 is 2.50 bits per heavy atom. The second-order valence-electron chi connectivity index (χ2n) is 7.11. The van der Waals surface area contributed by atoms with Gasteiger partial charge in [-0.05, 0) is 20.3 Å². The molecule has 0 amide bonds. The maximum absolute atomic E-state index is 10.7. The van der Waals surface area contributed by atoms with E-state index in [4.69, 9.17) is 28.4 Å². The van der Waals surface area contributed by atoms with Gasteiger partial charge in [0.25, 0.3) is 0 Å².